The fourth-order valence-electron chi connectivity index (χ4n) is 3.10. The lowest BCUT2D eigenvalue weighted by atomic mass is 10.1. The summed E-state index contributed by atoms with van der Waals surface area (Å²) in [7, 11) is 1.60. The van der Waals surface area contributed by atoms with Crippen LogP contribution in [0.15, 0.2) is 65.5 Å². The number of nitrogens with zero attached hydrogens (tertiary/aromatic N) is 2. The van der Waals surface area contributed by atoms with Gasteiger partial charge in [-0.05, 0) is 49.6 Å². The summed E-state index contributed by atoms with van der Waals surface area (Å²) in [4.78, 5) is 29.4. The van der Waals surface area contributed by atoms with Gasteiger partial charge in [0.1, 0.15) is 18.1 Å². The van der Waals surface area contributed by atoms with Crippen molar-refractivity contribution in [2.24, 2.45) is 0 Å². The number of carbonyl (C=O) groups is 1. The van der Waals surface area contributed by atoms with Crippen molar-refractivity contribution in [1.82, 2.24) is 14.9 Å². The van der Waals surface area contributed by atoms with E-state index in [0.717, 1.165) is 18.4 Å². The minimum atomic E-state index is -0.247. The van der Waals surface area contributed by atoms with Gasteiger partial charge in [-0.15, -0.1) is 0 Å². The monoisotopic (exact) mass is 391 g/mol. The lowest BCUT2D eigenvalue weighted by molar-refractivity contribution is -0.121. The fourth-order valence-corrected chi connectivity index (χ4v) is 3.10. The molecule has 0 atom stereocenters. The van der Waals surface area contributed by atoms with E-state index in [0.29, 0.717) is 23.8 Å². The van der Waals surface area contributed by atoms with E-state index in [2.05, 4.69) is 22.4 Å². The van der Waals surface area contributed by atoms with Crippen LogP contribution in [0.1, 0.15) is 17.7 Å². The van der Waals surface area contributed by atoms with Crippen LogP contribution < -0.4 is 15.6 Å². The molecule has 0 saturated carbocycles. The van der Waals surface area contributed by atoms with Gasteiger partial charge in [0, 0.05) is 23.9 Å². The van der Waals surface area contributed by atoms with Crippen molar-refractivity contribution in [3.8, 4) is 17.1 Å². The first-order valence-corrected chi connectivity index (χ1v) is 9.60. The molecule has 150 valence electrons. The molecule has 0 aliphatic rings. The minimum Gasteiger partial charge on any atom is -0.497 e. The zero-order valence-electron chi connectivity index (χ0n) is 16.7. The van der Waals surface area contributed by atoms with E-state index in [4.69, 9.17) is 4.74 Å². The predicted octanol–water partition coefficient (Wildman–Crippen LogP) is 2.98. The van der Waals surface area contributed by atoms with Crippen molar-refractivity contribution in [3.05, 3.63) is 82.3 Å². The van der Waals surface area contributed by atoms with Gasteiger partial charge in [0.15, 0.2) is 0 Å². The Morgan fingerprint density at radius 2 is 1.83 bits per heavy atom. The molecule has 0 unspecified atom stereocenters. The maximum absolute atomic E-state index is 12.5. The first-order valence-electron chi connectivity index (χ1n) is 9.60. The van der Waals surface area contributed by atoms with Gasteiger partial charge in [0.25, 0.3) is 5.56 Å². The third kappa shape index (κ3) is 5.54. The van der Waals surface area contributed by atoms with E-state index in [1.807, 2.05) is 30.3 Å². The maximum atomic E-state index is 12.5. The third-order valence-corrected chi connectivity index (χ3v) is 4.59. The van der Waals surface area contributed by atoms with Crippen molar-refractivity contribution in [2.45, 2.75) is 26.3 Å². The van der Waals surface area contributed by atoms with E-state index in [-0.39, 0.29) is 18.0 Å². The van der Waals surface area contributed by atoms with Gasteiger partial charge in [-0.25, -0.2) is 4.98 Å². The Bertz CT molecular complexity index is 1010. The smallest absolute Gasteiger partial charge is 0.254 e. The molecule has 0 bridgehead atoms. The lowest BCUT2D eigenvalue weighted by Crippen LogP contribution is -2.34. The predicted molar refractivity (Wildman–Crippen MR) is 113 cm³/mol. The molecule has 0 spiro atoms. The van der Waals surface area contributed by atoms with Crippen LogP contribution in [-0.2, 0) is 17.8 Å². The summed E-state index contributed by atoms with van der Waals surface area (Å²) in [5, 5.41) is 2.89. The largest absolute Gasteiger partial charge is 0.497 e. The summed E-state index contributed by atoms with van der Waals surface area (Å²) >= 11 is 0. The molecule has 3 rings (SSSR count). The van der Waals surface area contributed by atoms with Crippen LogP contribution >= 0.6 is 0 Å². The molecular formula is C23H25N3O3. The number of hydrogen-bond acceptors (Lipinski definition) is 4. The second kappa shape index (κ2) is 9.68. The fraction of sp³-hybridized carbons (Fsp3) is 0.261. The highest BCUT2D eigenvalue weighted by atomic mass is 16.5. The Morgan fingerprint density at radius 1 is 1.10 bits per heavy atom. The number of rotatable bonds is 8. The molecule has 1 amide bonds. The van der Waals surface area contributed by atoms with Crippen LogP contribution in [0.4, 0.5) is 0 Å². The third-order valence-electron chi connectivity index (χ3n) is 4.59. The van der Waals surface area contributed by atoms with E-state index in [1.54, 1.807) is 26.2 Å². The van der Waals surface area contributed by atoms with Crippen molar-refractivity contribution < 1.29 is 9.53 Å². The number of nitrogens with one attached hydrogen (secondary N) is 1. The van der Waals surface area contributed by atoms with E-state index >= 15 is 0 Å². The number of aryl methyl sites for hydroxylation is 2. The lowest BCUT2D eigenvalue weighted by Gasteiger charge is -2.13. The summed E-state index contributed by atoms with van der Waals surface area (Å²) < 4.78 is 6.59. The molecule has 1 N–H and O–H groups in total. The van der Waals surface area contributed by atoms with Gasteiger partial charge in [-0.3, -0.25) is 14.2 Å². The van der Waals surface area contributed by atoms with Crippen LogP contribution in [0.2, 0.25) is 0 Å². The van der Waals surface area contributed by atoms with Gasteiger partial charge in [0.05, 0.1) is 7.11 Å². The highest BCUT2D eigenvalue weighted by Crippen LogP contribution is 2.20. The summed E-state index contributed by atoms with van der Waals surface area (Å²) in [6.45, 7) is 2.25. The second-order valence-electron chi connectivity index (χ2n) is 6.81. The normalized spacial score (nSPS) is 10.6. The van der Waals surface area contributed by atoms with Gasteiger partial charge in [0.2, 0.25) is 5.91 Å². The SMILES string of the molecule is COc1ccc(-c2nc(C)cc(=O)n2CC(=O)NCCCc2ccccc2)cc1. The molecule has 6 heteroatoms. The number of ether oxygens (including phenoxy) is 1. The molecule has 2 aromatic carbocycles. The minimum absolute atomic E-state index is 0.0706. The Kier molecular flexibility index (Phi) is 6.79. The van der Waals surface area contributed by atoms with E-state index in [9.17, 15) is 9.59 Å². The van der Waals surface area contributed by atoms with Crippen LogP contribution in [0.3, 0.4) is 0 Å². The molecular weight excluding hydrogens is 366 g/mol. The zero-order valence-corrected chi connectivity index (χ0v) is 16.7. The van der Waals surface area contributed by atoms with Crippen LogP contribution in [-0.4, -0.2) is 29.1 Å². The maximum Gasteiger partial charge on any atom is 0.254 e. The van der Waals surface area contributed by atoms with E-state index in [1.165, 1.54) is 16.2 Å². The molecule has 0 aliphatic carbocycles. The topological polar surface area (TPSA) is 73.2 Å². The first kappa shape index (κ1) is 20.3. The number of amides is 1. The second-order valence-corrected chi connectivity index (χ2v) is 6.81. The number of benzene rings is 2. The Hall–Kier alpha value is -3.41. The van der Waals surface area contributed by atoms with Crippen molar-refractivity contribution >= 4 is 5.91 Å². The van der Waals surface area contributed by atoms with Crippen LogP contribution in [0.25, 0.3) is 11.4 Å². The summed E-state index contributed by atoms with van der Waals surface area (Å²) in [5.41, 5.74) is 2.36. The quantitative estimate of drug-likeness (QED) is 0.599. The van der Waals surface area contributed by atoms with Gasteiger partial charge >= 0.3 is 0 Å². The molecule has 6 nitrogen and oxygen atoms in total. The molecule has 0 radical (unpaired) electrons. The molecule has 1 heterocycles. The number of methoxy groups -OCH3 is 1. The number of carbonyl (C=O) groups excluding carboxylic acids is 1. The van der Waals surface area contributed by atoms with Crippen LogP contribution in [0, 0.1) is 6.92 Å². The summed E-state index contributed by atoms with van der Waals surface area (Å²) in [6.07, 6.45) is 1.73. The summed E-state index contributed by atoms with van der Waals surface area (Å²) in [5.74, 6) is 0.976. The average molecular weight is 391 g/mol. The highest BCUT2D eigenvalue weighted by molar-refractivity contribution is 5.76. The first-order chi connectivity index (χ1) is 14.1. The molecule has 29 heavy (non-hydrogen) atoms. The van der Waals surface area contributed by atoms with Crippen molar-refractivity contribution in [1.29, 1.82) is 0 Å². The molecule has 0 fully saturated rings. The van der Waals surface area contributed by atoms with E-state index < -0.39 is 0 Å². The zero-order chi connectivity index (χ0) is 20.6. The van der Waals surface area contributed by atoms with Crippen molar-refractivity contribution in [3.63, 3.8) is 0 Å². The standard InChI is InChI=1S/C23H25N3O3/c1-17-15-22(28)26(23(25-17)19-10-12-20(29-2)13-11-19)16-21(27)24-14-6-9-18-7-4-3-5-8-18/h3-5,7-8,10-13,15H,6,9,14,16H2,1-2H3,(H,24,27). The molecule has 3 aromatic rings. The van der Waals surface area contributed by atoms with Gasteiger partial charge < -0.3 is 10.1 Å². The van der Waals surface area contributed by atoms with Crippen LogP contribution in [0.5, 0.6) is 5.75 Å². The molecule has 1 aromatic heterocycles. The van der Waals surface area contributed by atoms with Gasteiger partial charge in [-0.2, -0.15) is 0 Å². The number of aromatic nitrogens is 2. The average Bonchev–Trinajstić information content (AvgIpc) is 2.74. The highest BCUT2D eigenvalue weighted by Gasteiger charge is 2.13. The summed E-state index contributed by atoms with van der Waals surface area (Å²) in [6, 6.07) is 18.8. The number of hydrogen-bond donors (Lipinski definition) is 1. The van der Waals surface area contributed by atoms with Crippen molar-refractivity contribution in [2.75, 3.05) is 13.7 Å². The molecule has 0 saturated heterocycles. The Labute approximate surface area is 170 Å². The Balaban J connectivity index is 1.67. The molecule has 0 aliphatic heterocycles. The Morgan fingerprint density at radius 3 is 2.52 bits per heavy atom. The van der Waals surface area contributed by atoms with Gasteiger partial charge in [-0.1, -0.05) is 30.3 Å².